The van der Waals surface area contributed by atoms with Crippen LogP contribution >= 0.6 is 27.5 Å². The molecule has 0 aliphatic rings. The van der Waals surface area contributed by atoms with E-state index in [1.165, 1.54) is 18.3 Å². The molecule has 1 amide bonds. The van der Waals surface area contributed by atoms with E-state index < -0.39 is 11.7 Å². The zero-order chi connectivity index (χ0) is 11.5. The van der Waals surface area contributed by atoms with Gasteiger partial charge in [-0.25, -0.2) is 4.39 Å². The van der Waals surface area contributed by atoms with Gasteiger partial charge in [-0.3, -0.25) is 4.79 Å². The molecule has 0 aliphatic carbocycles. The molecule has 0 unspecified atom stereocenters. The lowest BCUT2D eigenvalue weighted by molar-refractivity contribution is 0.102. The molecule has 0 radical (unpaired) electrons. The fourth-order valence-electron chi connectivity index (χ4n) is 1.08. The number of nitrogens with one attached hydrogen (secondary N) is 1. The molecule has 1 N–H and O–H groups in total. The highest BCUT2D eigenvalue weighted by molar-refractivity contribution is 9.10. The SMILES string of the molecule is O=C(Nc1cnns1)c1cccc(Br)c1F. The van der Waals surface area contributed by atoms with Crippen LogP contribution in [0.4, 0.5) is 9.39 Å². The minimum Gasteiger partial charge on any atom is -0.311 e. The van der Waals surface area contributed by atoms with Crippen LogP contribution in [-0.4, -0.2) is 15.5 Å². The Kier molecular flexibility index (Phi) is 3.25. The van der Waals surface area contributed by atoms with Gasteiger partial charge in [-0.2, -0.15) is 0 Å². The summed E-state index contributed by atoms with van der Waals surface area (Å²) in [7, 11) is 0. The molecule has 0 atom stereocenters. The topological polar surface area (TPSA) is 54.9 Å². The summed E-state index contributed by atoms with van der Waals surface area (Å²) >= 11 is 4.04. The van der Waals surface area contributed by atoms with Crippen molar-refractivity contribution in [3.05, 3.63) is 40.2 Å². The third kappa shape index (κ3) is 2.25. The van der Waals surface area contributed by atoms with Gasteiger partial charge in [0.2, 0.25) is 0 Å². The molecule has 0 fully saturated rings. The van der Waals surface area contributed by atoms with E-state index in [0.29, 0.717) is 5.00 Å². The van der Waals surface area contributed by atoms with Crippen molar-refractivity contribution < 1.29 is 9.18 Å². The number of carbonyl (C=O) groups is 1. The smallest absolute Gasteiger partial charge is 0.259 e. The largest absolute Gasteiger partial charge is 0.311 e. The summed E-state index contributed by atoms with van der Waals surface area (Å²) in [5.74, 6) is -1.11. The summed E-state index contributed by atoms with van der Waals surface area (Å²) in [6.45, 7) is 0. The molecule has 2 aromatic rings. The molecule has 0 saturated heterocycles. The van der Waals surface area contributed by atoms with Crippen LogP contribution in [0.3, 0.4) is 0 Å². The van der Waals surface area contributed by atoms with Crippen LogP contribution in [-0.2, 0) is 0 Å². The predicted molar refractivity (Wildman–Crippen MR) is 62.0 cm³/mol. The number of halogens is 2. The Labute approximate surface area is 103 Å². The fourth-order valence-corrected chi connectivity index (χ4v) is 1.86. The van der Waals surface area contributed by atoms with Crippen molar-refractivity contribution >= 4 is 38.4 Å². The molecule has 16 heavy (non-hydrogen) atoms. The van der Waals surface area contributed by atoms with Gasteiger partial charge in [0.15, 0.2) is 0 Å². The van der Waals surface area contributed by atoms with Crippen LogP contribution in [0.5, 0.6) is 0 Å². The van der Waals surface area contributed by atoms with E-state index in [0.717, 1.165) is 11.5 Å². The maximum Gasteiger partial charge on any atom is 0.259 e. The van der Waals surface area contributed by atoms with Gasteiger partial charge in [0, 0.05) is 11.5 Å². The van der Waals surface area contributed by atoms with Crippen molar-refractivity contribution in [3.8, 4) is 0 Å². The summed E-state index contributed by atoms with van der Waals surface area (Å²) in [6.07, 6.45) is 1.40. The lowest BCUT2D eigenvalue weighted by Crippen LogP contribution is -2.13. The number of benzene rings is 1. The zero-order valence-electron chi connectivity index (χ0n) is 7.78. The van der Waals surface area contributed by atoms with Gasteiger partial charge in [-0.1, -0.05) is 10.6 Å². The third-order valence-electron chi connectivity index (χ3n) is 1.79. The average molecular weight is 302 g/mol. The molecule has 0 aliphatic heterocycles. The number of hydrogen-bond donors (Lipinski definition) is 1. The summed E-state index contributed by atoms with van der Waals surface area (Å²) in [4.78, 5) is 11.7. The van der Waals surface area contributed by atoms with Crippen molar-refractivity contribution in [2.75, 3.05) is 5.32 Å². The number of aromatic nitrogens is 2. The monoisotopic (exact) mass is 301 g/mol. The normalized spacial score (nSPS) is 10.1. The quantitative estimate of drug-likeness (QED) is 0.928. The minimum atomic E-state index is -0.586. The highest BCUT2D eigenvalue weighted by Gasteiger charge is 2.14. The Morgan fingerprint density at radius 1 is 1.50 bits per heavy atom. The Bertz CT molecular complexity index is 517. The van der Waals surface area contributed by atoms with Crippen LogP contribution in [0.2, 0.25) is 0 Å². The second-order valence-corrected chi connectivity index (χ2v) is 4.48. The van der Waals surface area contributed by atoms with E-state index in [9.17, 15) is 9.18 Å². The third-order valence-corrected chi connectivity index (χ3v) is 2.99. The van der Waals surface area contributed by atoms with Crippen molar-refractivity contribution in [3.63, 3.8) is 0 Å². The Morgan fingerprint density at radius 2 is 2.31 bits per heavy atom. The van der Waals surface area contributed by atoms with E-state index in [2.05, 4.69) is 30.8 Å². The first-order valence-corrected chi connectivity index (χ1v) is 5.78. The molecular formula is C9H5BrFN3OS. The van der Waals surface area contributed by atoms with Crippen molar-refractivity contribution in [1.82, 2.24) is 9.59 Å². The van der Waals surface area contributed by atoms with Crippen LogP contribution < -0.4 is 5.32 Å². The van der Waals surface area contributed by atoms with Crippen molar-refractivity contribution in [2.45, 2.75) is 0 Å². The molecule has 0 bridgehead atoms. The highest BCUT2D eigenvalue weighted by atomic mass is 79.9. The Hall–Kier alpha value is -1.34. The maximum atomic E-state index is 13.5. The van der Waals surface area contributed by atoms with Crippen molar-refractivity contribution in [2.24, 2.45) is 0 Å². The van der Waals surface area contributed by atoms with Gasteiger partial charge in [-0.05, 0) is 28.1 Å². The molecule has 1 aromatic heterocycles. The standard InChI is InChI=1S/C9H5BrFN3OS/c10-6-3-1-2-5(8(6)11)9(15)13-7-4-12-14-16-7/h1-4H,(H,13,15). The average Bonchev–Trinajstić information content (AvgIpc) is 2.74. The summed E-state index contributed by atoms with van der Waals surface area (Å²) in [5.41, 5.74) is -0.0252. The van der Waals surface area contributed by atoms with Crippen molar-refractivity contribution in [1.29, 1.82) is 0 Å². The first kappa shape index (κ1) is 11.2. The molecule has 0 saturated carbocycles. The molecule has 0 spiro atoms. The van der Waals surface area contributed by atoms with E-state index >= 15 is 0 Å². The fraction of sp³-hybridized carbons (Fsp3) is 0. The van der Waals surface area contributed by atoms with Gasteiger partial charge in [0.1, 0.15) is 10.8 Å². The van der Waals surface area contributed by atoms with Crippen LogP contribution in [0.15, 0.2) is 28.9 Å². The lowest BCUT2D eigenvalue weighted by Gasteiger charge is -2.03. The van der Waals surface area contributed by atoms with E-state index in [1.54, 1.807) is 6.07 Å². The lowest BCUT2D eigenvalue weighted by atomic mass is 10.2. The molecule has 1 heterocycles. The molecular weight excluding hydrogens is 297 g/mol. The molecule has 2 rings (SSSR count). The second-order valence-electron chi connectivity index (χ2n) is 2.84. The molecule has 1 aromatic carbocycles. The van der Waals surface area contributed by atoms with Gasteiger partial charge < -0.3 is 5.32 Å². The highest BCUT2D eigenvalue weighted by Crippen LogP contribution is 2.20. The zero-order valence-corrected chi connectivity index (χ0v) is 10.2. The maximum absolute atomic E-state index is 13.5. The first-order chi connectivity index (χ1) is 7.68. The minimum absolute atomic E-state index is 0.0252. The predicted octanol–water partition coefficient (Wildman–Crippen LogP) is 2.69. The van der Waals surface area contributed by atoms with Crippen LogP contribution in [0.25, 0.3) is 0 Å². The number of anilines is 1. The summed E-state index contributed by atoms with van der Waals surface area (Å²) < 4.78 is 17.4. The van der Waals surface area contributed by atoms with Gasteiger partial charge >= 0.3 is 0 Å². The van der Waals surface area contributed by atoms with Crippen LogP contribution in [0.1, 0.15) is 10.4 Å². The first-order valence-electron chi connectivity index (χ1n) is 4.21. The van der Waals surface area contributed by atoms with E-state index in [4.69, 9.17) is 0 Å². The molecule has 4 nitrogen and oxygen atoms in total. The Morgan fingerprint density at radius 3 is 3.00 bits per heavy atom. The molecule has 7 heteroatoms. The van der Waals surface area contributed by atoms with Gasteiger partial charge in [0.05, 0.1) is 16.2 Å². The van der Waals surface area contributed by atoms with Gasteiger partial charge in [-0.15, -0.1) is 5.10 Å². The second kappa shape index (κ2) is 4.67. The molecule has 82 valence electrons. The van der Waals surface area contributed by atoms with Crippen LogP contribution in [0, 0.1) is 5.82 Å². The Balaban J connectivity index is 2.24. The summed E-state index contributed by atoms with van der Waals surface area (Å²) in [5, 5.41) is 6.54. The van der Waals surface area contributed by atoms with E-state index in [1.807, 2.05) is 0 Å². The number of carbonyl (C=O) groups excluding carboxylic acids is 1. The number of rotatable bonds is 2. The number of hydrogen-bond acceptors (Lipinski definition) is 4. The number of nitrogens with zero attached hydrogens (tertiary/aromatic N) is 2. The van der Waals surface area contributed by atoms with E-state index in [-0.39, 0.29) is 10.0 Å². The summed E-state index contributed by atoms with van der Waals surface area (Å²) in [6, 6.07) is 4.53. The number of amides is 1. The van der Waals surface area contributed by atoms with Gasteiger partial charge in [0.25, 0.3) is 5.91 Å².